The minimum absolute atomic E-state index is 0.911. The summed E-state index contributed by atoms with van der Waals surface area (Å²) in [6, 6.07) is 80.4. The van der Waals surface area contributed by atoms with E-state index >= 15 is 0 Å². The number of rotatable bonds is 7. The van der Waals surface area contributed by atoms with Crippen molar-refractivity contribution < 1.29 is 0 Å². The molecule has 0 spiro atoms. The molecule has 12 aromatic rings. The molecule has 0 fully saturated rings. The van der Waals surface area contributed by atoms with E-state index in [1.165, 1.54) is 32.9 Å². The van der Waals surface area contributed by atoms with Gasteiger partial charge in [0.2, 0.25) is 5.78 Å². The zero-order valence-electron chi connectivity index (χ0n) is 32.6. The maximum atomic E-state index is 5.07. The molecular formula is C55H37N5. The molecule has 0 aliphatic carbocycles. The number of benzene rings is 9. The summed E-state index contributed by atoms with van der Waals surface area (Å²) in [6.07, 6.45) is 0. The second kappa shape index (κ2) is 13.8. The lowest BCUT2D eigenvalue weighted by Crippen LogP contribution is -2.10. The molecule has 0 unspecified atom stereocenters. The van der Waals surface area contributed by atoms with Gasteiger partial charge in [-0.15, -0.1) is 0 Å². The quantitative estimate of drug-likeness (QED) is 0.162. The number of hydrogen-bond acceptors (Lipinski definition) is 2. The number of fused-ring (bicyclic) bond motifs is 8. The Bertz CT molecular complexity index is 3500. The number of anilines is 3. The Morgan fingerprint density at radius 3 is 1.48 bits per heavy atom. The van der Waals surface area contributed by atoms with Crippen LogP contribution < -0.4 is 4.90 Å². The van der Waals surface area contributed by atoms with Gasteiger partial charge in [-0.05, 0) is 119 Å². The number of hydrogen-bond donors (Lipinski definition) is 0. The summed E-state index contributed by atoms with van der Waals surface area (Å²) in [7, 11) is 0. The van der Waals surface area contributed by atoms with Crippen LogP contribution in [-0.4, -0.2) is 18.5 Å². The number of nitrogens with zero attached hydrogens (tertiary/aromatic N) is 5. The molecule has 0 saturated heterocycles. The topological polar surface area (TPSA) is 30.4 Å². The van der Waals surface area contributed by atoms with Gasteiger partial charge in [0.15, 0.2) is 0 Å². The van der Waals surface area contributed by atoms with Crippen LogP contribution in [0.5, 0.6) is 0 Å². The van der Waals surface area contributed by atoms with Gasteiger partial charge in [-0.25, -0.2) is 4.98 Å². The van der Waals surface area contributed by atoms with Gasteiger partial charge in [0.25, 0.3) is 0 Å². The highest BCUT2D eigenvalue weighted by Gasteiger charge is 2.19. The summed E-state index contributed by atoms with van der Waals surface area (Å²) in [6.45, 7) is 0. The minimum Gasteiger partial charge on any atom is -0.310 e. The van der Waals surface area contributed by atoms with Crippen LogP contribution in [0.2, 0.25) is 0 Å². The van der Waals surface area contributed by atoms with Crippen molar-refractivity contribution in [2.75, 3.05) is 4.90 Å². The predicted molar refractivity (Wildman–Crippen MR) is 249 cm³/mol. The minimum atomic E-state index is 0.911. The molecule has 9 aromatic carbocycles. The van der Waals surface area contributed by atoms with Crippen LogP contribution in [0, 0.1) is 0 Å². The van der Waals surface area contributed by atoms with E-state index in [0.29, 0.717) is 0 Å². The summed E-state index contributed by atoms with van der Waals surface area (Å²) >= 11 is 0. The van der Waals surface area contributed by atoms with E-state index in [1.54, 1.807) is 0 Å². The molecule has 0 aliphatic rings. The Morgan fingerprint density at radius 1 is 0.317 bits per heavy atom. The molecular weight excluding hydrogens is 731 g/mol. The first kappa shape index (κ1) is 33.9. The van der Waals surface area contributed by atoms with Crippen LogP contribution in [0.15, 0.2) is 224 Å². The lowest BCUT2D eigenvalue weighted by molar-refractivity contribution is 1.11. The highest BCUT2D eigenvalue weighted by molar-refractivity contribution is 6.10. The summed E-state index contributed by atoms with van der Waals surface area (Å²) in [5, 5.41) is 2.44. The van der Waals surface area contributed by atoms with Crippen molar-refractivity contribution in [2.24, 2.45) is 0 Å². The number of aromatic nitrogens is 4. The largest absolute Gasteiger partial charge is 0.310 e. The lowest BCUT2D eigenvalue weighted by Gasteiger charge is -2.26. The molecule has 0 bridgehead atoms. The van der Waals surface area contributed by atoms with Gasteiger partial charge < -0.3 is 9.47 Å². The van der Waals surface area contributed by atoms with Crippen molar-refractivity contribution in [2.45, 2.75) is 0 Å². The van der Waals surface area contributed by atoms with E-state index < -0.39 is 0 Å². The zero-order valence-corrected chi connectivity index (χ0v) is 32.6. The van der Waals surface area contributed by atoms with E-state index in [4.69, 9.17) is 4.98 Å². The normalized spacial score (nSPS) is 11.7. The van der Waals surface area contributed by atoms with Crippen LogP contribution in [0.4, 0.5) is 17.1 Å². The molecule has 282 valence electrons. The number of imidazole rings is 2. The maximum absolute atomic E-state index is 5.07. The van der Waals surface area contributed by atoms with E-state index in [2.05, 4.69) is 237 Å². The van der Waals surface area contributed by atoms with Crippen molar-refractivity contribution in [3.63, 3.8) is 0 Å². The smallest absolute Gasteiger partial charge is 0.220 e. The van der Waals surface area contributed by atoms with Crippen molar-refractivity contribution in [3.05, 3.63) is 224 Å². The molecule has 0 radical (unpaired) electrons. The highest BCUT2D eigenvalue weighted by atomic mass is 15.2. The third kappa shape index (κ3) is 5.44. The Kier molecular flexibility index (Phi) is 7.78. The average molecular weight is 768 g/mol. The third-order valence-electron chi connectivity index (χ3n) is 11.9. The van der Waals surface area contributed by atoms with Crippen molar-refractivity contribution >= 4 is 66.7 Å². The zero-order chi connectivity index (χ0) is 39.6. The predicted octanol–water partition coefficient (Wildman–Crippen LogP) is 14.3. The standard InChI is InChI=1S/C55H37N5/c1-3-13-38(14-4-1)39-23-29-43(30-24-39)57(46-35-36-51-48(37-46)47-17-7-9-19-50(47)58(51)42-15-5-2-6-16-42)44-31-25-40(26-32-44)41-27-33-45(34-28-41)59-53-21-11-12-22-54(53)60-52-20-10-8-18-49(52)56-55(59)60/h1-37H. The Hall–Kier alpha value is -8.15. The van der Waals surface area contributed by atoms with E-state index in [9.17, 15) is 0 Å². The van der Waals surface area contributed by atoms with Crippen LogP contribution in [-0.2, 0) is 0 Å². The second-order valence-corrected chi connectivity index (χ2v) is 15.3. The van der Waals surface area contributed by atoms with Crippen LogP contribution in [0.25, 0.3) is 83.3 Å². The molecule has 0 amide bonds. The van der Waals surface area contributed by atoms with E-state index in [1.807, 2.05) is 6.07 Å². The van der Waals surface area contributed by atoms with Gasteiger partial charge in [0, 0.05) is 39.2 Å². The highest BCUT2D eigenvalue weighted by Crippen LogP contribution is 2.41. The summed E-state index contributed by atoms with van der Waals surface area (Å²) in [5.74, 6) is 0.911. The fraction of sp³-hybridized carbons (Fsp3) is 0. The molecule has 0 N–H and O–H groups in total. The van der Waals surface area contributed by atoms with Gasteiger partial charge in [0.1, 0.15) is 0 Å². The molecule has 0 atom stereocenters. The molecule has 5 nitrogen and oxygen atoms in total. The van der Waals surface area contributed by atoms with Gasteiger partial charge in [0.05, 0.1) is 33.1 Å². The first-order chi connectivity index (χ1) is 29.8. The fourth-order valence-electron chi connectivity index (χ4n) is 9.05. The van der Waals surface area contributed by atoms with Crippen LogP contribution >= 0.6 is 0 Å². The molecule has 3 aromatic heterocycles. The molecule has 5 heteroatoms. The van der Waals surface area contributed by atoms with E-state index in [0.717, 1.165) is 67.4 Å². The Balaban J connectivity index is 0.943. The SMILES string of the molecule is c1ccc(-c2ccc(N(c3ccc(-c4ccc(-n5c6ccccc6n6c7ccccc7nc56)cc4)cc3)c3ccc4c(c3)c3ccccc3n4-c3ccccc3)cc2)cc1. The average Bonchev–Trinajstić information content (AvgIpc) is 3.97. The van der Waals surface area contributed by atoms with Crippen molar-refractivity contribution in [1.29, 1.82) is 0 Å². The molecule has 0 aliphatic heterocycles. The Morgan fingerprint density at radius 2 is 0.800 bits per heavy atom. The van der Waals surface area contributed by atoms with Crippen LogP contribution in [0.1, 0.15) is 0 Å². The lowest BCUT2D eigenvalue weighted by atomic mass is 10.0. The van der Waals surface area contributed by atoms with Crippen LogP contribution in [0.3, 0.4) is 0 Å². The van der Waals surface area contributed by atoms with Gasteiger partial charge >= 0.3 is 0 Å². The van der Waals surface area contributed by atoms with Gasteiger partial charge in [-0.2, -0.15) is 0 Å². The number of para-hydroxylation sites is 6. The Labute approximate surface area is 346 Å². The van der Waals surface area contributed by atoms with Crippen molar-refractivity contribution in [1.82, 2.24) is 18.5 Å². The second-order valence-electron chi connectivity index (χ2n) is 15.3. The van der Waals surface area contributed by atoms with Crippen molar-refractivity contribution in [3.8, 4) is 33.6 Å². The van der Waals surface area contributed by atoms with Gasteiger partial charge in [-0.3, -0.25) is 8.97 Å². The molecule has 0 saturated carbocycles. The third-order valence-corrected chi connectivity index (χ3v) is 11.9. The molecule has 60 heavy (non-hydrogen) atoms. The van der Waals surface area contributed by atoms with Gasteiger partial charge in [-0.1, -0.05) is 127 Å². The summed E-state index contributed by atoms with van der Waals surface area (Å²) in [5.41, 5.74) is 16.9. The van der Waals surface area contributed by atoms with E-state index in [-0.39, 0.29) is 0 Å². The fourth-order valence-corrected chi connectivity index (χ4v) is 9.05. The molecule has 12 rings (SSSR count). The summed E-state index contributed by atoms with van der Waals surface area (Å²) in [4.78, 5) is 7.44. The maximum Gasteiger partial charge on any atom is 0.220 e. The summed E-state index contributed by atoms with van der Waals surface area (Å²) < 4.78 is 6.89. The first-order valence-electron chi connectivity index (χ1n) is 20.4. The monoisotopic (exact) mass is 767 g/mol. The molecule has 3 heterocycles. The first-order valence-corrected chi connectivity index (χ1v) is 20.4.